The molecule has 1 amide bonds. The van der Waals surface area contributed by atoms with E-state index in [9.17, 15) is 19.7 Å². The molecule has 10 nitrogen and oxygen atoms in total. The van der Waals surface area contributed by atoms with Gasteiger partial charge in [0.15, 0.2) is 5.11 Å². The molecule has 2 aliphatic heterocycles. The third-order valence-corrected chi connectivity index (χ3v) is 8.96. The van der Waals surface area contributed by atoms with E-state index in [0.717, 1.165) is 32.5 Å². The van der Waals surface area contributed by atoms with Crippen LogP contribution in [0, 0.1) is 10.1 Å². The number of anilines is 1. The topological polar surface area (TPSA) is 117 Å². The van der Waals surface area contributed by atoms with E-state index in [0.29, 0.717) is 17.8 Å². The Balaban J connectivity index is 1.31. The molecule has 5 rings (SSSR count). The molecule has 0 bridgehead atoms. The number of likely N-dealkylation sites (tertiary alicyclic amines) is 1. The Morgan fingerprint density at radius 3 is 2.11 bits per heavy atom. The van der Waals surface area contributed by atoms with Crippen molar-refractivity contribution in [3.63, 3.8) is 0 Å². The molecule has 1 atom stereocenters. The highest BCUT2D eigenvalue weighted by Gasteiger charge is 2.39. The highest BCUT2D eigenvalue weighted by molar-refractivity contribution is 7.80. The summed E-state index contributed by atoms with van der Waals surface area (Å²) in [7, 11) is 1.27. The van der Waals surface area contributed by atoms with Crippen LogP contribution in [0.3, 0.4) is 0 Å². The predicted octanol–water partition coefficient (Wildman–Crippen LogP) is 5.04. The number of thiocarbonyl (C=S) groups is 1. The lowest BCUT2D eigenvalue weighted by Crippen LogP contribution is -2.59. The zero-order chi connectivity index (χ0) is 32.0. The van der Waals surface area contributed by atoms with Crippen molar-refractivity contribution in [1.29, 1.82) is 0 Å². The molecule has 45 heavy (non-hydrogen) atoms. The second-order valence-corrected chi connectivity index (χ2v) is 11.7. The van der Waals surface area contributed by atoms with Crippen LogP contribution in [0.25, 0.3) is 0 Å². The highest BCUT2D eigenvalue weighted by Crippen LogP contribution is 2.41. The minimum atomic E-state index is -0.951. The summed E-state index contributed by atoms with van der Waals surface area (Å²) in [5.74, 6) is -0.867. The van der Waals surface area contributed by atoms with Crippen LogP contribution >= 0.6 is 12.2 Å². The van der Waals surface area contributed by atoms with Crippen LogP contribution < -0.4 is 15.5 Å². The molecule has 0 radical (unpaired) electrons. The summed E-state index contributed by atoms with van der Waals surface area (Å²) in [6, 6.07) is 27.0. The summed E-state index contributed by atoms with van der Waals surface area (Å²) in [6.45, 7) is 4.20. The fourth-order valence-corrected chi connectivity index (χ4v) is 6.67. The van der Waals surface area contributed by atoms with Crippen LogP contribution in [-0.2, 0) is 19.7 Å². The van der Waals surface area contributed by atoms with Crippen molar-refractivity contribution in [3.8, 4) is 0 Å². The molecule has 0 saturated carbocycles. The zero-order valence-corrected chi connectivity index (χ0v) is 26.2. The Morgan fingerprint density at radius 2 is 1.58 bits per heavy atom. The summed E-state index contributed by atoms with van der Waals surface area (Å²) in [6.07, 6.45) is 1.77. The molecular weight excluding hydrogens is 590 g/mol. The van der Waals surface area contributed by atoms with Crippen molar-refractivity contribution in [2.45, 2.75) is 44.2 Å². The minimum absolute atomic E-state index is 0.0604. The quantitative estimate of drug-likeness (QED) is 0.138. The van der Waals surface area contributed by atoms with Crippen LogP contribution in [0.5, 0.6) is 0 Å². The number of carbonyl (C=O) groups is 2. The molecule has 11 heteroatoms. The van der Waals surface area contributed by atoms with Gasteiger partial charge in [-0.3, -0.25) is 19.8 Å². The van der Waals surface area contributed by atoms with E-state index in [-0.39, 0.29) is 34.1 Å². The number of methoxy groups -OCH3 is 1. The van der Waals surface area contributed by atoms with Gasteiger partial charge in [0.2, 0.25) is 5.91 Å². The Morgan fingerprint density at radius 1 is 1.00 bits per heavy atom. The molecule has 234 valence electrons. The standard InChI is InChI=1S/C34H37N5O5S/c1-24-30(32(41)44-2)31(36-33(45)35-24)38(27-15-17-28(18-16-27)39(42)43)29(40)14-9-21-37-22-19-34(20-23-37,25-10-5-3-6-11-25)26-12-7-4-8-13-26/h3-8,10-13,15-18,31H,9,14,19-23H2,1-2H3,(H2,35,36,45). The van der Waals surface area contributed by atoms with Gasteiger partial charge in [0.1, 0.15) is 6.17 Å². The van der Waals surface area contributed by atoms with Crippen LogP contribution in [-0.4, -0.2) is 59.7 Å². The maximum Gasteiger partial charge on any atom is 0.339 e. The Labute approximate surface area is 268 Å². The average molecular weight is 628 g/mol. The number of rotatable bonds is 10. The van der Waals surface area contributed by atoms with E-state index in [2.05, 4.69) is 64.1 Å². The van der Waals surface area contributed by atoms with Crippen molar-refractivity contribution in [2.75, 3.05) is 31.6 Å². The maximum atomic E-state index is 13.9. The number of allylic oxidation sites excluding steroid dienone is 1. The van der Waals surface area contributed by atoms with Gasteiger partial charge >= 0.3 is 5.97 Å². The number of ether oxygens (including phenoxy) is 1. The summed E-state index contributed by atoms with van der Waals surface area (Å²) in [5, 5.41) is 17.5. The molecule has 0 spiro atoms. The van der Waals surface area contributed by atoms with Crippen LogP contribution in [0.1, 0.15) is 43.7 Å². The normalized spacial score (nSPS) is 18.0. The molecular formula is C34H37N5O5S. The smallest absolute Gasteiger partial charge is 0.339 e. The molecule has 2 heterocycles. The SMILES string of the molecule is COC(=O)C1=C(C)NC(=S)NC1N(C(=O)CCCN1CCC(c2ccccc2)(c2ccccc2)CC1)c1ccc([N+](=O)[O-])cc1. The summed E-state index contributed by atoms with van der Waals surface area (Å²) in [5.41, 5.74) is 3.54. The zero-order valence-electron chi connectivity index (χ0n) is 25.4. The van der Waals surface area contributed by atoms with Crippen LogP contribution in [0.4, 0.5) is 11.4 Å². The van der Waals surface area contributed by atoms with Gasteiger partial charge in [-0.2, -0.15) is 0 Å². The fourth-order valence-electron chi connectivity index (χ4n) is 6.41. The highest BCUT2D eigenvalue weighted by atomic mass is 32.1. The minimum Gasteiger partial charge on any atom is -0.465 e. The van der Waals surface area contributed by atoms with E-state index in [4.69, 9.17) is 17.0 Å². The Kier molecular flexibility index (Phi) is 9.90. The van der Waals surface area contributed by atoms with Gasteiger partial charge in [0.05, 0.1) is 17.6 Å². The number of esters is 1. The first kappa shape index (κ1) is 31.8. The Hall–Kier alpha value is -4.61. The molecule has 3 aromatic rings. The lowest BCUT2D eigenvalue weighted by Gasteiger charge is -2.43. The molecule has 1 saturated heterocycles. The molecule has 3 aromatic carbocycles. The van der Waals surface area contributed by atoms with E-state index < -0.39 is 17.1 Å². The number of hydrogen-bond acceptors (Lipinski definition) is 7. The van der Waals surface area contributed by atoms with E-state index in [1.807, 2.05) is 12.1 Å². The lowest BCUT2D eigenvalue weighted by atomic mass is 9.68. The monoisotopic (exact) mass is 627 g/mol. The first-order chi connectivity index (χ1) is 21.7. The first-order valence-corrected chi connectivity index (χ1v) is 15.4. The van der Waals surface area contributed by atoms with E-state index in [1.54, 1.807) is 6.92 Å². The predicted molar refractivity (Wildman–Crippen MR) is 177 cm³/mol. The number of piperidine rings is 1. The van der Waals surface area contributed by atoms with Crippen molar-refractivity contribution in [2.24, 2.45) is 0 Å². The van der Waals surface area contributed by atoms with Gasteiger partial charge in [-0.25, -0.2) is 4.79 Å². The number of non-ortho nitro benzene ring substituents is 1. The number of nitro benzene ring substituents is 1. The molecule has 0 aliphatic carbocycles. The van der Waals surface area contributed by atoms with Crippen molar-refractivity contribution in [3.05, 3.63) is 117 Å². The molecule has 1 fully saturated rings. The first-order valence-electron chi connectivity index (χ1n) is 15.0. The number of carbonyl (C=O) groups excluding carboxylic acids is 2. The van der Waals surface area contributed by atoms with Gasteiger partial charge in [-0.05, 0) is 81.3 Å². The third-order valence-electron chi connectivity index (χ3n) is 8.74. The average Bonchev–Trinajstić information content (AvgIpc) is 3.06. The van der Waals surface area contributed by atoms with E-state index in [1.165, 1.54) is 47.4 Å². The summed E-state index contributed by atoms with van der Waals surface area (Å²) in [4.78, 5) is 41.4. The summed E-state index contributed by atoms with van der Waals surface area (Å²) < 4.78 is 5.03. The van der Waals surface area contributed by atoms with Gasteiger partial charge in [-0.1, -0.05) is 60.7 Å². The number of nitro groups is 1. The summed E-state index contributed by atoms with van der Waals surface area (Å²) >= 11 is 5.37. The van der Waals surface area contributed by atoms with Gasteiger partial charge in [0, 0.05) is 35.4 Å². The van der Waals surface area contributed by atoms with Crippen molar-refractivity contribution >= 4 is 40.6 Å². The van der Waals surface area contributed by atoms with Gasteiger partial charge < -0.3 is 20.3 Å². The van der Waals surface area contributed by atoms with Gasteiger partial charge in [0.25, 0.3) is 5.69 Å². The van der Waals surface area contributed by atoms with Crippen LogP contribution in [0.15, 0.2) is 96.2 Å². The number of amides is 1. The molecule has 2 N–H and O–H groups in total. The van der Waals surface area contributed by atoms with Gasteiger partial charge in [-0.15, -0.1) is 0 Å². The third kappa shape index (κ3) is 6.89. The van der Waals surface area contributed by atoms with E-state index >= 15 is 0 Å². The lowest BCUT2D eigenvalue weighted by molar-refractivity contribution is -0.384. The fraction of sp³-hybridized carbons (Fsp3) is 0.324. The number of nitrogens with zero attached hydrogens (tertiary/aromatic N) is 3. The number of benzene rings is 3. The second kappa shape index (κ2) is 14.0. The molecule has 2 aliphatic rings. The van der Waals surface area contributed by atoms with Crippen molar-refractivity contribution in [1.82, 2.24) is 15.5 Å². The Bertz CT molecular complexity index is 1530. The molecule has 0 aromatic heterocycles. The largest absolute Gasteiger partial charge is 0.465 e. The van der Waals surface area contributed by atoms with Crippen molar-refractivity contribution < 1.29 is 19.2 Å². The van der Waals surface area contributed by atoms with Crippen LogP contribution in [0.2, 0.25) is 0 Å². The maximum absolute atomic E-state index is 13.9. The molecule has 1 unspecified atom stereocenters. The second-order valence-electron chi connectivity index (χ2n) is 11.3. The number of hydrogen-bond donors (Lipinski definition) is 2. The number of nitrogens with one attached hydrogen (secondary N) is 2.